The van der Waals surface area contributed by atoms with Gasteiger partial charge in [0.25, 0.3) is 0 Å². The minimum absolute atomic E-state index is 0.665. The topological polar surface area (TPSA) is 21.3 Å². The molecule has 17 heavy (non-hydrogen) atoms. The van der Waals surface area contributed by atoms with Crippen molar-refractivity contribution in [3.05, 3.63) is 0 Å². The third kappa shape index (κ3) is 10.8. The molecule has 0 aromatic heterocycles. The molecule has 2 atom stereocenters. The van der Waals surface area contributed by atoms with E-state index in [4.69, 9.17) is 4.74 Å². The molecule has 0 aromatic carbocycles. The lowest BCUT2D eigenvalue weighted by Crippen LogP contribution is -2.33. The van der Waals surface area contributed by atoms with Gasteiger partial charge in [0.15, 0.2) is 0 Å². The minimum atomic E-state index is 0.665. The van der Waals surface area contributed by atoms with Gasteiger partial charge in [-0.15, -0.1) is 0 Å². The maximum Gasteiger partial charge on any atom is 0.0591 e. The molecule has 0 rings (SSSR count). The van der Waals surface area contributed by atoms with E-state index in [0.29, 0.717) is 6.04 Å². The van der Waals surface area contributed by atoms with Crippen molar-refractivity contribution in [2.24, 2.45) is 11.8 Å². The molecule has 2 nitrogen and oxygen atoms in total. The number of hydrogen-bond acceptors (Lipinski definition) is 2. The second-order valence-electron chi connectivity index (χ2n) is 5.60. The van der Waals surface area contributed by atoms with Gasteiger partial charge >= 0.3 is 0 Å². The summed E-state index contributed by atoms with van der Waals surface area (Å²) in [5.41, 5.74) is 0. The first-order chi connectivity index (χ1) is 8.10. The van der Waals surface area contributed by atoms with Crippen LogP contribution in [0.25, 0.3) is 0 Å². The summed E-state index contributed by atoms with van der Waals surface area (Å²) in [6.07, 6.45) is 4.96. The molecule has 0 spiro atoms. The van der Waals surface area contributed by atoms with Crippen molar-refractivity contribution in [2.45, 2.75) is 66.3 Å². The molecule has 0 heterocycles. The van der Waals surface area contributed by atoms with E-state index in [1.165, 1.54) is 25.7 Å². The molecule has 0 aliphatic carbocycles. The van der Waals surface area contributed by atoms with E-state index < -0.39 is 0 Å². The largest absolute Gasteiger partial charge is 0.380 e. The Labute approximate surface area is 109 Å². The molecule has 2 heteroatoms. The van der Waals surface area contributed by atoms with Gasteiger partial charge in [-0.25, -0.2) is 0 Å². The zero-order valence-corrected chi connectivity index (χ0v) is 12.6. The van der Waals surface area contributed by atoms with Crippen molar-refractivity contribution >= 4 is 0 Å². The summed E-state index contributed by atoms with van der Waals surface area (Å²) in [6.45, 7) is 14.1. The van der Waals surface area contributed by atoms with Gasteiger partial charge in [-0.05, 0) is 31.1 Å². The summed E-state index contributed by atoms with van der Waals surface area (Å²) in [5.74, 6) is 1.58. The Morgan fingerprint density at radius 2 is 1.71 bits per heavy atom. The van der Waals surface area contributed by atoms with Crippen molar-refractivity contribution in [3.8, 4) is 0 Å². The van der Waals surface area contributed by atoms with E-state index >= 15 is 0 Å². The average molecular weight is 243 g/mol. The normalized spacial score (nSPS) is 15.2. The summed E-state index contributed by atoms with van der Waals surface area (Å²) in [5, 5.41) is 3.60. The maximum absolute atomic E-state index is 5.61. The molecule has 0 aliphatic rings. The quantitative estimate of drug-likeness (QED) is 0.556. The van der Waals surface area contributed by atoms with Gasteiger partial charge < -0.3 is 10.1 Å². The Kier molecular flexibility index (Phi) is 11.0. The van der Waals surface area contributed by atoms with Crippen LogP contribution in [0.5, 0.6) is 0 Å². The first kappa shape index (κ1) is 16.9. The molecule has 0 radical (unpaired) electrons. The molecule has 0 saturated heterocycles. The van der Waals surface area contributed by atoms with Gasteiger partial charge in [0.2, 0.25) is 0 Å². The maximum atomic E-state index is 5.61. The lowest BCUT2D eigenvalue weighted by molar-refractivity contribution is 0.122. The summed E-state index contributed by atoms with van der Waals surface area (Å²) in [6, 6.07) is 0.665. The van der Waals surface area contributed by atoms with Crippen LogP contribution in [-0.4, -0.2) is 25.8 Å². The lowest BCUT2D eigenvalue weighted by Gasteiger charge is -2.20. The van der Waals surface area contributed by atoms with Gasteiger partial charge in [0.05, 0.1) is 6.61 Å². The fourth-order valence-electron chi connectivity index (χ4n) is 1.80. The predicted octanol–water partition coefficient (Wildman–Crippen LogP) is 3.85. The lowest BCUT2D eigenvalue weighted by atomic mass is 9.98. The highest BCUT2D eigenvalue weighted by atomic mass is 16.5. The van der Waals surface area contributed by atoms with Crippen molar-refractivity contribution in [1.29, 1.82) is 0 Å². The average Bonchev–Trinajstić information content (AvgIpc) is 2.31. The third-order valence-electron chi connectivity index (χ3n) is 3.40. The second kappa shape index (κ2) is 11.0. The van der Waals surface area contributed by atoms with E-state index in [0.717, 1.165) is 31.6 Å². The molecule has 0 aliphatic heterocycles. The van der Waals surface area contributed by atoms with E-state index in [9.17, 15) is 0 Å². The van der Waals surface area contributed by atoms with Crippen molar-refractivity contribution < 1.29 is 4.74 Å². The summed E-state index contributed by atoms with van der Waals surface area (Å²) in [4.78, 5) is 0. The SMILES string of the molecule is CCC(C)CC(CC)NCCOCCC(C)C. The van der Waals surface area contributed by atoms with Crippen LogP contribution in [0.3, 0.4) is 0 Å². The van der Waals surface area contributed by atoms with Crippen molar-refractivity contribution in [1.82, 2.24) is 5.32 Å². The number of ether oxygens (including phenoxy) is 1. The van der Waals surface area contributed by atoms with Crippen molar-refractivity contribution in [3.63, 3.8) is 0 Å². The Hall–Kier alpha value is -0.0800. The molecule has 0 amide bonds. The molecule has 2 unspecified atom stereocenters. The molecule has 104 valence electrons. The van der Waals surface area contributed by atoms with Crippen LogP contribution >= 0.6 is 0 Å². The van der Waals surface area contributed by atoms with Crippen LogP contribution in [0.4, 0.5) is 0 Å². The Morgan fingerprint density at radius 1 is 1.00 bits per heavy atom. The van der Waals surface area contributed by atoms with E-state index in [1.807, 2.05) is 0 Å². The Bertz CT molecular complexity index is 159. The van der Waals surface area contributed by atoms with Gasteiger partial charge in [0.1, 0.15) is 0 Å². The van der Waals surface area contributed by atoms with Gasteiger partial charge in [0, 0.05) is 19.2 Å². The monoisotopic (exact) mass is 243 g/mol. The van der Waals surface area contributed by atoms with Crippen LogP contribution < -0.4 is 5.32 Å². The van der Waals surface area contributed by atoms with E-state index in [1.54, 1.807) is 0 Å². The summed E-state index contributed by atoms with van der Waals surface area (Å²) >= 11 is 0. The molecule has 1 N–H and O–H groups in total. The van der Waals surface area contributed by atoms with Crippen LogP contribution in [0.15, 0.2) is 0 Å². The zero-order valence-electron chi connectivity index (χ0n) is 12.6. The van der Waals surface area contributed by atoms with Crippen LogP contribution in [0.2, 0.25) is 0 Å². The molecule has 0 saturated carbocycles. The van der Waals surface area contributed by atoms with Gasteiger partial charge in [-0.3, -0.25) is 0 Å². The van der Waals surface area contributed by atoms with Crippen LogP contribution in [-0.2, 0) is 4.74 Å². The first-order valence-electron chi connectivity index (χ1n) is 7.41. The van der Waals surface area contributed by atoms with Crippen molar-refractivity contribution in [2.75, 3.05) is 19.8 Å². The molecule has 0 bridgehead atoms. The predicted molar refractivity (Wildman–Crippen MR) is 76.4 cm³/mol. The Balaban J connectivity index is 3.43. The molecule has 0 fully saturated rings. The molecular weight excluding hydrogens is 210 g/mol. The third-order valence-corrected chi connectivity index (χ3v) is 3.40. The fraction of sp³-hybridized carbons (Fsp3) is 1.00. The number of hydrogen-bond donors (Lipinski definition) is 1. The highest BCUT2D eigenvalue weighted by Gasteiger charge is 2.09. The molecular formula is C15H33NO. The second-order valence-corrected chi connectivity index (χ2v) is 5.60. The Morgan fingerprint density at radius 3 is 2.24 bits per heavy atom. The van der Waals surface area contributed by atoms with Gasteiger partial charge in [-0.1, -0.05) is 41.0 Å². The highest BCUT2D eigenvalue weighted by molar-refractivity contribution is 4.67. The standard InChI is InChI=1S/C15H33NO/c1-6-14(5)12-15(7-2)16-9-11-17-10-8-13(3)4/h13-16H,6-12H2,1-5H3. The number of rotatable bonds is 11. The molecule has 0 aromatic rings. The van der Waals surface area contributed by atoms with E-state index in [-0.39, 0.29) is 0 Å². The van der Waals surface area contributed by atoms with Gasteiger partial charge in [-0.2, -0.15) is 0 Å². The van der Waals surface area contributed by atoms with E-state index in [2.05, 4.69) is 39.9 Å². The van der Waals surface area contributed by atoms with Crippen LogP contribution in [0.1, 0.15) is 60.3 Å². The smallest absolute Gasteiger partial charge is 0.0591 e. The zero-order chi connectivity index (χ0) is 13.1. The summed E-state index contributed by atoms with van der Waals surface area (Å²) < 4.78 is 5.61. The highest BCUT2D eigenvalue weighted by Crippen LogP contribution is 2.11. The minimum Gasteiger partial charge on any atom is -0.380 e. The fourth-order valence-corrected chi connectivity index (χ4v) is 1.80. The van der Waals surface area contributed by atoms with Crippen LogP contribution in [0, 0.1) is 11.8 Å². The number of nitrogens with one attached hydrogen (secondary N) is 1. The first-order valence-corrected chi connectivity index (χ1v) is 7.41. The summed E-state index contributed by atoms with van der Waals surface area (Å²) in [7, 11) is 0.